The first-order valence-corrected chi connectivity index (χ1v) is 7.93. The maximum atomic E-state index is 11.2. The molecule has 1 heterocycles. The van der Waals surface area contributed by atoms with Crippen molar-refractivity contribution in [3.8, 4) is 23.0 Å². The van der Waals surface area contributed by atoms with Crippen LogP contribution < -0.4 is 18.9 Å². The van der Waals surface area contributed by atoms with Crippen LogP contribution >= 0.6 is 0 Å². The highest BCUT2D eigenvalue weighted by atomic mass is 16.6. The van der Waals surface area contributed by atoms with Gasteiger partial charge in [0.1, 0.15) is 0 Å². The van der Waals surface area contributed by atoms with Gasteiger partial charge in [0.25, 0.3) is 0 Å². The van der Waals surface area contributed by atoms with Gasteiger partial charge in [-0.15, -0.1) is 0 Å². The fourth-order valence-electron chi connectivity index (χ4n) is 2.76. The van der Waals surface area contributed by atoms with Crippen LogP contribution in [0.4, 0.5) is 0 Å². The van der Waals surface area contributed by atoms with Crippen LogP contribution in [-0.4, -0.2) is 30.9 Å². The van der Waals surface area contributed by atoms with Gasteiger partial charge in [-0.2, -0.15) is 0 Å². The smallest absolute Gasteiger partial charge is 0.308 e. The maximum absolute atomic E-state index is 11.2. The van der Waals surface area contributed by atoms with E-state index in [1.54, 1.807) is 18.2 Å². The van der Waals surface area contributed by atoms with E-state index in [2.05, 4.69) is 0 Å². The Morgan fingerprint density at radius 2 is 1.92 bits per heavy atom. The minimum Gasteiger partial charge on any atom is -0.493 e. The first-order valence-electron chi connectivity index (χ1n) is 7.93. The summed E-state index contributed by atoms with van der Waals surface area (Å²) >= 11 is 0. The second kappa shape index (κ2) is 7.03. The lowest BCUT2D eigenvalue weighted by molar-refractivity contribution is -0.132. The molecule has 132 valence electrons. The summed E-state index contributed by atoms with van der Waals surface area (Å²) in [5.74, 6) is 1.53. The van der Waals surface area contributed by atoms with Crippen molar-refractivity contribution in [3.63, 3.8) is 0 Å². The minimum absolute atomic E-state index is 0.202. The van der Waals surface area contributed by atoms with Crippen LogP contribution in [0.25, 0.3) is 0 Å². The van der Waals surface area contributed by atoms with Crippen molar-refractivity contribution in [2.24, 2.45) is 0 Å². The fraction of sp³-hybridized carbons (Fsp3) is 0.316. The average Bonchev–Trinajstić information content (AvgIpc) is 2.60. The predicted molar refractivity (Wildman–Crippen MR) is 90.4 cm³/mol. The molecular weight excluding hydrogens is 324 g/mol. The van der Waals surface area contributed by atoms with E-state index in [-0.39, 0.29) is 6.61 Å². The van der Waals surface area contributed by atoms with Gasteiger partial charge in [-0.05, 0) is 36.8 Å². The molecular formula is C19H20O6. The second-order valence-corrected chi connectivity index (χ2v) is 5.83. The van der Waals surface area contributed by atoms with E-state index in [4.69, 9.17) is 18.9 Å². The summed E-state index contributed by atoms with van der Waals surface area (Å²) in [5, 5.41) is 9.70. The number of benzene rings is 2. The van der Waals surface area contributed by atoms with Crippen LogP contribution in [0.2, 0.25) is 0 Å². The van der Waals surface area contributed by atoms with Crippen molar-refractivity contribution < 1.29 is 28.8 Å². The molecule has 1 unspecified atom stereocenters. The third kappa shape index (κ3) is 3.53. The SMILES string of the molecule is COc1cc([C@H]2Oc3cc(C)ccc3OC2CO)ccc1OC(C)=O. The fourth-order valence-corrected chi connectivity index (χ4v) is 2.76. The van der Waals surface area contributed by atoms with E-state index in [9.17, 15) is 9.90 Å². The Bertz CT molecular complexity index is 785. The van der Waals surface area contributed by atoms with Gasteiger partial charge < -0.3 is 24.1 Å². The zero-order chi connectivity index (χ0) is 18.0. The predicted octanol–water partition coefficient (Wildman–Crippen LogP) is 2.80. The highest BCUT2D eigenvalue weighted by Crippen LogP contribution is 2.41. The Morgan fingerprint density at radius 1 is 1.12 bits per heavy atom. The molecule has 1 N–H and O–H groups in total. The highest BCUT2D eigenvalue weighted by Gasteiger charge is 2.33. The lowest BCUT2D eigenvalue weighted by Gasteiger charge is -2.33. The van der Waals surface area contributed by atoms with Gasteiger partial charge >= 0.3 is 5.97 Å². The molecule has 0 radical (unpaired) electrons. The number of hydrogen-bond acceptors (Lipinski definition) is 6. The lowest BCUT2D eigenvalue weighted by atomic mass is 10.0. The highest BCUT2D eigenvalue weighted by molar-refractivity contribution is 5.70. The van der Waals surface area contributed by atoms with Gasteiger partial charge in [0.05, 0.1) is 13.7 Å². The number of aliphatic hydroxyl groups is 1. The molecule has 2 aromatic rings. The number of aryl methyl sites for hydroxylation is 1. The zero-order valence-corrected chi connectivity index (χ0v) is 14.3. The molecule has 1 aliphatic heterocycles. The van der Waals surface area contributed by atoms with E-state index >= 15 is 0 Å². The zero-order valence-electron chi connectivity index (χ0n) is 14.3. The molecule has 0 spiro atoms. The summed E-state index contributed by atoms with van der Waals surface area (Å²) in [7, 11) is 1.49. The molecule has 2 atom stereocenters. The lowest BCUT2D eigenvalue weighted by Crippen LogP contribution is -2.36. The number of methoxy groups -OCH3 is 1. The first-order chi connectivity index (χ1) is 12.0. The molecule has 0 bridgehead atoms. The topological polar surface area (TPSA) is 74.2 Å². The van der Waals surface area contributed by atoms with Crippen molar-refractivity contribution >= 4 is 5.97 Å². The number of esters is 1. The second-order valence-electron chi connectivity index (χ2n) is 5.83. The Kier molecular flexibility index (Phi) is 4.81. The van der Waals surface area contributed by atoms with Crippen LogP contribution in [-0.2, 0) is 4.79 Å². The number of ether oxygens (including phenoxy) is 4. The largest absolute Gasteiger partial charge is 0.493 e. The number of rotatable bonds is 4. The maximum Gasteiger partial charge on any atom is 0.308 e. The summed E-state index contributed by atoms with van der Waals surface area (Å²) < 4.78 is 22.4. The molecule has 0 aliphatic carbocycles. The van der Waals surface area contributed by atoms with Gasteiger partial charge in [0.15, 0.2) is 35.2 Å². The third-order valence-corrected chi connectivity index (χ3v) is 3.92. The minimum atomic E-state index is -0.556. The van der Waals surface area contributed by atoms with Crippen molar-refractivity contribution in [1.29, 1.82) is 0 Å². The van der Waals surface area contributed by atoms with Crippen LogP contribution in [0.3, 0.4) is 0 Å². The number of fused-ring (bicyclic) bond motifs is 1. The van der Waals surface area contributed by atoms with Crippen LogP contribution in [0, 0.1) is 6.92 Å². The molecule has 0 fully saturated rings. The first kappa shape index (κ1) is 17.1. The van der Waals surface area contributed by atoms with Crippen LogP contribution in [0.1, 0.15) is 24.2 Å². The summed E-state index contributed by atoms with van der Waals surface area (Å²) in [4.78, 5) is 11.2. The monoisotopic (exact) mass is 344 g/mol. The van der Waals surface area contributed by atoms with Gasteiger partial charge in [-0.1, -0.05) is 12.1 Å². The van der Waals surface area contributed by atoms with E-state index in [0.717, 1.165) is 11.1 Å². The van der Waals surface area contributed by atoms with Gasteiger partial charge in [-0.3, -0.25) is 4.79 Å². The number of hydrogen-bond donors (Lipinski definition) is 1. The molecule has 0 aromatic heterocycles. The van der Waals surface area contributed by atoms with E-state index in [1.807, 2.05) is 25.1 Å². The van der Waals surface area contributed by atoms with E-state index in [0.29, 0.717) is 23.0 Å². The van der Waals surface area contributed by atoms with Gasteiger partial charge in [0.2, 0.25) is 0 Å². The van der Waals surface area contributed by atoms with Crippen LogP contribution in [0.15, 0.2) is 36.4 Å². The number of carbonyl (C=O) groups is 1. The molecule has 1 aliphatic rings. The molecule has 25 heavy (non-hydrogen) atoms. The molecule has 0 saturated heterocycles. The van der Waals surface area contributed by atoms with Crippen molar-refractivity contribution in [3.05, 3.63) is 47.5 Å². The Labute approximate surface area is 145 Å². The standard InChI is InChI=1S/C19H20O6/c1-11-4-6-15-17(8-11)25-19(18(10-20)24-15)13-5-7-14(23-12(2)21)16(9-13)22-3/h4-9,18-20H,10H2,1-3H3/t18?,19-/m1/s1. The number of carbonyl (C=O) groups excluding carboxylic acids is 1. The van der Waals surface area contributed by atoms with Crippen molar-refractivity contribution in [2.45, 2.75) is 26.1 Å². The Hall–Kier alpha value is -2.73. The third-order valence-electron chi connectivity index (χ3n) is 3.92. The van der Waals surface area contributed by atoms with Gasteiger partial charge in [-0.25, -0.2) is 0 Å². The molecule has 0 saturated carbocycles. The Balaban J connectivity index is 1.95. The van der Waals surface area contributed by atoms with Crippen molar-refractivity contribution in [2.75, 3.05) is 13.7 Å². The Morgan fingerprint density at radius 3 is 2.60 bits per heavy atom. The number of aliphatic hydroxyl groups excluding tert-OH is 1. The normalized spacial score (nSPS) is 18.6. The molecule has 2 aromatic carbocycles. The summed E-state index contributed by atoms with van der Waals surface area (Å²) in [6, 6.07) is 10.8. The molecule has 3 rings (SSSR count). The molecule has 6 heteroatoms. The molecule has 0 amide bonds. The summed E-state index contributed by atoms with van der Waals surface area (Å²) in [6.07, 6.45) is -1.07. The van der Waals surface area contributed by atoms with E-state index < -0.39 is 18.2 Å². The van der Waals surface area contributed by atoms with Crippen molar-refractivity contribution in [1.82, 2.24) is 0 Å². The van der Waals surface area contributed by atoms with E-state index in [1.165, 1.54) is 14.0 Å². The average molecular weight is 344 g/mol. The quantitative estimate of drug-likeness (QED) is 0.679. The summed E-state index contributed by atoms with van der Waals surface area (Å²) in [6.45, 7) is 3.09. The molecule has 6 nitrogen and oxygen atoms in total. The summed E-state index contributed by atoms with van der Waals surface area (Å²) in [5.41, 5.74) is 1.80. The van der Waals surface area contributed by atoms with Gasteiger partial charge in [0, 0.05) is 12.5 Å². The van der Waals surface area contributed by atoms with Crippen LogP contribution in [0.5, 0.6) is 23.0 Å².